The maximum absolute atomic E-state index is 13.1. The second kappa shape index (κ2) is 5.26. The van der Waals surface area contributed by atoms with Crippen LogP contribution < -0.4 is 10.5 Å². The fourth-order valence-corrected chi connectivity index (χ4v) is 2.64. The van der Waals surface area contributed by atoms with E-state index >= 15 is 0 Å². The normalized spacial score (nSPS) is 11.3. The van der Waals surface area contributed by atoms with Crippen molar-refractivity contribution in [2.75, 3.05) is 10.5 Å². The highest BCUT2D eigenvalue weighted by Gasteiger charge is 2.17. The van der Waals surface area contributed by atoms with Gasteiger partial charge in [-0.25, -0.2) is 17.2 Å². The van der Waals surface area contributed by atoms with Gasteiger partial charge in [-0.05, 0) is 36.4 Å². The number of halogens is 3. The molecule has 2 rings (SSSR count). The molecule has 0 spiro atoms. The maximum atomic E-state index is 13.1. The van der Waals surface area contributed by atoms with Crippen molar-refractivity contribution in [1.29, 1.82) is 0 Å². The summed E-state index contributed by atoms with van der Waals surface area (Å²) < 4.78 is 52.0. The molecule has 0 aromatic heterocycles. The highest BCUT2D eigenvalue weighted by molar-refractivity contribution is 7.92. The van der Waals surface area contributed by atoms with Crippen molar-refractivity contribution in [3.05, 3.63) is 53.1 Å². The van der Waals surface area contributed by atoms with Gasteiger partial charge in [0.1, 0.15) is 0 Å². The van der Waals surface area contributed by atoms with Gasteiger partial charge in [-0.2, -0.15) is 0 Å². The quantitative estimate of drug-likeness (QED) is 0.854. The van der Waals surface area contributed by atoms with Gasteiger partial charge in [0.05, 0.1) is 21.3 Å². The van der Waals surface area contributed by atoms with E-state index in [1.807, 2.05) is 0 Å². The molecule has 0 heterocycles. The molecule has 2 aromatic carbocycles. The van der Waals surface area contributed by atoms with Crippen LogP contribution in [0.15, 0.2) is 41.3 Å². The van der Waals surface area contributed by atoms with Crippen LogP contribution in [-0.4, -0.2) is 8.42 Å². The number of nitrogens with two attached hydrogens (primary N) is 1. The van der Waals surface area contributed by atoms with Crippen LogP contribution >= 0.6 is 11.6 Å². The van der Waals surface area contributed by atoms with Gasteiger partial charge in [-0.3, -0.25) is 4.72 Å². The van der Waals surface area contributed by atoms with E-state index in [2.05, 4.69) is 4.72 Å². The summed E-state index contributed by atoms with van der Waals surface area (Å²) in [6.07, 6.45) is 0. The first kappa shape index (κ1) is 14.5. The number of hydrogen-bond acceptors (Lipinski definition) is 3. The first-order valence-electron chi connectivity index (χ1n) is 5.32. The van der Waals surface area contributed by atoms with E-state index in [1.54, 1.807) is 0 Å². The lowest BCUT2D eigenvalue weighted by Gasteiger charge is -2.09. The average molecular weight is 319 g/mol. The molecule has 0 aliphatic carbocycles. The van der Waals surface area contributed by atoms with Crippen molar-refractivity contribution in [2.24, 2.45) is 0 Å². The minimum absolute atomic E-state index is 0.164. The number of rotatable bonds is 3. The molecular weight excluding hydrogens is 310 g/mol. The third-order valence-electron chi connectivity index (χ3n) is 2.45. The Morgan fingerprint density at radius 2 is 1.75 bits per heavy atom. The Bertz CT molecular complexity index is 766. The summed E-state index contributed by atoms with van der Waals surface area (Å²) in [5.74, 6) is -2.37. The Labute approximate surface area is 119 Å². The van der Waals surface area contributed by atoms with Crippen molar-refractivity contribution < 1.29 is 17.2 Å². The van der Waals surface area contributed by atoms with Gasteiger partial charge >= 0.3 is 0 Å². The van der Waals surface area contributed by atoms with Crippen molar-refractivity contribution in [1.82, 2.24) is 0 Å². The Hall–Kier alpha value is -1.86. The predicted octanol–water partition coefficient (Wildman–Crippen LogP) is 3.00. The second-order valence-corrected chi connectivity index (χ2v) is 6.01. The van der Waals surface area contributed by atoms with Crippen molar-refractivity contribution in [3.8, 4) is 0 Å². The molecule has 0 saturated carbocycles. The largest absolute Gasteiger partial charge is 0.397 e. The molecule has 4 nitrogen and oxygen atoms in total. The molecule has 2 aromatic rings. The van der Waals surface area contributed by atoms with Crippen LogP contribution in [0.3, 0.4) is 0 Å². The number of anilines is 2. The standard InChI is InChI=1S/C12H9ClF2N2O2S/c13-9-3-1-7(5-12(9)16)17-20(18,19)8-2-4-10(14)11(15)6-8/h1-6,17H,16H2. The molecule has 3 N–H and O–H groups in total. The topological polar surface area (TPSA) is 72.2 Å². The summed E-state index contributed by atoms with van der Waals surface area (Å²) in [5.41, 5.74) is 5.90. The summed E-state index contributed by atoms with van der Waals surface area (Å²) >= 11 is 5.71. The SMILES string of the molecule is Nc1cc(NS(=O)(=O)c2ccc(F)c(F)c2)ccc1Cl. The smallest absolute Gasteiger partial charge is 0.262 e. The summed E-state index contributed by atoms with van der Waals surface area (Å²) in [6, 6.07) is 6.42. The van der Waals surface area contributed by atoms with Crippen LogP contribution in [0.2, 0.25) is 5.02 Å². The average Bonchev–Trinajstić information content (AvgIpc) is 2.37. The van der Waals surface area contributed by atoms with E-state index < -0.39 is 26.6 Å². The third-order valence-corrected chi connectivity index (χ3v) is 4.17. The molecule has 106 valence electrons. The van der Waals surface area contributed by atoms with E-state index in [0.717, 1.165) is 12.1 Å². The summed E-state index contributed by atoms with van der Waals surface area (Å²) in [4.78, 5) is -0.398. The Morgan fingerprint density at radius 1 is 1.05 bits per heavy atom. The second-order valence-electron chi connectivity index (χ2n) is 3.92. The minimum Gasteiger partial charge on any atom is -0.397 e. The molecule has 0 amide bonds. The first-order chi connectivity index (χ1) is 9.29. The van der Waals surface area contributed by atoms with Gasteiger partial charge in [0.15, 0.2) is 11.6 Å². The molecule has 0 fully saturated rings. The van der Waals surface area contributed by atoms with Crippen LogP contribution in [0.1, 0.15) is 0 Å². The summed E-state index contributed by atoms with van der Waals surface area (Å²) in [6.45, 7) is 0. The monoisotopic (exact) mass is 318 g/mol. The fourth-order valence-electron chi connectivity index (χ4n) is 1.47. The molecule has 8 heteroatoms. The van der Waals surface area contributed by atoms with Gasteiger partial charge in [0.25, 0.3) is 10.0 Å². The minimum atomic E-state index is -4.04. The summed E-state index contributed by atoms with van der Waals surface area (Å²) in [5, 5.41) is 0.278. The molecule has 0 saturated heterocycles. The van der Waals surface area contributed by atoms with Gasteiger partial charge in [0, 0.05) is 0 Å². The first-order valence-corrected chi connectivity index (χ1v) is 7.18. The lowest BCUT2D eigenvalue weighted by molar-refractivity contribution is 0.504. The van der Waals surface area contributed by atoms with Crippen LogP contribution in [0.4, 0.5) is 20.2 Å². The highest BCUT2D eigenvalue weighted by atomic mass is 35.5. The predicted molar refractivity (Wildman–Crippen MR) is 73.0 cm³/mol. The van der Waals surface area contributed by atoms with Gasteiger partial charge in [0.2, 0.25) is 0 Å². The molecular formula is C12H9ClF2N2O2S. The maximum Gasteiger partial charge on any atom is 0.262 e. The molecule has 0 unspecified atom stereocenters. The van der Waals surface area contributed by atoms with Crippen molar-refractivity contribution >= 4 is 33.0 Å². The van der Waals surface area contributed by atoms with Crippen LogP contribution in [0.25, 0.3) is 0 Å². The summed E-state index contributed by atoms with van der Waals surface area (Å²) in [7, 11) is -4.04. The van der Waals surface area contributed by atoms with Crippen LogP contribution in [-0.2, 0) is 10.0 Å². The Kier molecular flexibility index (Phi) is 3.82. The van der Waals surface area contributed by atoms with Gasteiger partial charge in [-0.1, -0.05) is 11.6 Å². The van der Waals surface area contributed by atoms with E-state index in [9.17, 15) is 17.2 Å². The number of benzene rings is 2. The van der Waals surface area contributed by atoms with Crippen molar-refractivity contribution in [2.45, 2.75) is 4.90 Å². The van der Waals surface area contributed by atoms with E-state index in [0.29, 0.717) is 6.07 Å². The van der Waals surface area contributed by atoms with Crippen LogP contribution in [0.5, 0.6) is 0 Å². The van der Waals surface area contributed by atoms with E-state index in [1.165, 1.54) is 18.2 Å². The molecule has 0 aliphatic rings. The van der Waals surface area contributed by atoms with E-state index in [4.69, 9.17) is 17.3 Å². The molecule has 0 aliphatic heterocycles. The zero-order chi connectivity index (χ0) is 14.9. The number of nitrogen functional groups attached to an aromatic ring is 1. The van der Waals surface area contributed by atoms with Crippen LogP contribution in [0, 0.1) is 11.6 Å². The Morgan fingerprint density at radius 3 is 2.35 bits per heavy atom. The molecule has 20 heavy (non-hydrogen) atoms. The number of sulfonamides is 1. The molecule has 0 radical (unpaired) electrons. The molecule has 0 atom stereocenters. The fraction of sp³-hybridized carbons (Fsp3) is 0. The van der Waals surface area contributed by atoms with Gasteiger partial charge < -0.3 is 5.73 Å². The third kappa shape index (κ3) is 3.00. The number of hydrogen-bond donors (Lipinski definition) is 2. The lowest BCUT2D eigenvalue weighted by atomic mass is 10.3. The zero-order valence-electron chi connectivity index (χ0n) is 9.90. The Balaban J connectivity index is 2.35. The van der Waals surface area contributed by atoms with Crippen molar-refractivity contribution in [3.63, 3.8) is 0 Å². The molecule has 0 bridgehead atoms. The zero-order valence-corrected chi connectivity index (χ0v) is 11.5. The lowest BCUT2D eigenvalue weighted by Crippen LogP contribution is -2.13. The highest BCUT2D eigenvalue weighted by Crippen LogP contribution is 2.24. The van der Waals surface area contributed by atoms with Gasteiger partial charge in [-0.15, -0.1) is 0 Å². The van der Waals surface area contributed by atoms with E-state index in [-0.39, 0.29) is 16.4 Å². The number of nitrogens with one attached hydrogen (secondary N) is 1.